The normalized spacial score (nSPS) is 16.2. The van der Waals surface area contributed by atoms with E-state index in [1.807, 2.05) is 25.3 Å². The van der Waals surface area contributed by atoms with Crippen LogP contribution in [0.2, 0.25) is 0 Å². The number of hydrogen-bond acceptors (Lipinski definition) is 6. The van der Waals surface area contributed by atoms with Gasteiger partial charge < -0.3 is 24.8 Å². The summed E-state index contributed by atoms with van der Waals surface area (Å²) in [6, 6.07) is 4.32. The third-order valence-electron chi connectivity index (χ3n) is 6.39. The number of aryl methyl sites for hydroxylation is 1. The van der Waals surface area contributed by atoms with E-state index in [-0.39, 0.29) is 23.4 Å². The minimum atomic E-state index is -0.864. The maximum Gasteiger partial charge on any atom is 0.259 e. The molecule has 0 aliphatic carbocycles. The Bertz CT molecular complexity index is 1260. The van der Waals surface area contributed by atoms with E-state index in [1.54, 1.807) is 24.3 Å². The SMILES string of the molecule is C=C/C=C(\C(N)c1ncnc(Oc2ccc3c(cc(C)n3C(C)C)c2F)c1F)N1CCN(C)CC1. The Morgan fingerprint density at radius 2 is 1.86 bits per heavy atom. The molecule has 1 fully saturated rings. The summed E-state index contributed by atoms with van der Waals surface area (Å²) in [5, 5.41) is 0.409. The van der Waals surface area contributed by atoms with Crippen LogP contribution in [0, 0.1) is 18.6 Å². The average Bonchev–Trinajstić information content (AvgIpc) is 3.18. The molecule has 1 aliphatic rings. The molecular weight excluding hydrogens is 450 g/mol. The Kier molecular flexibility index (Phi) is 7.18. The number of hydrogen-bond donors (Lipinski definition) is 1. The standard InChI is InChI=1S/C26H32F2N6O/c1-6-7-20(33-12-10-32(5)11-13-33)24(29)25-23(28)26(31-15-30-25)35-21-9-8-19-18(22(21)27)14-17(4)34(19)16(2)3/h6-9,14-16,24H,1,10-13,29H2,2-5H3/b20-7+. The second-order valence-corrected chi connectivity index (χ2v) is 9.14. The van der Waals surface area contributed by atoms with Crippen LogP contribution in [0.5, 0.6) is 11.6 Å². The molecule has 1 unspecified atom stereocenters. The Hall–Kier alpha value is -3.30. The first kappa shape index (κ1) is 24.8. The van der Waals surface area contributed by atoms with Gasteiger partial charge in [-0.2, -0.15) is 9.37 Å². The summed E-state index contributed by atoms with van der Waals surface area (Å²) in [5.41, 5.74) is 8.83. The predicted octanol–water partition coefficient (Wildman–Crippen LogP) is 4.71. The number of allylic oxidation sites excluding steroid dienone is 2. The van der Waals surface area contributed by atoms with Gasteiger partial charge in [0.25, 0.3) is 5.88 Å². The Balaban J connectivity index is 1.65. The lowest BCUT2D eigenvalue weighted by Crippen LogP contribution is -2.45. The van der Waals surface area contributed by atoms with E-state index in [9.17, 15) is 0 Å². The van der Waals surface area contributed by atoms with Crippen molar-refractivity contribution in [2.45, 2.75) is 32.9 Å². The fraction of sp³-hybridized carbons (Fsp3) is 0.385. The molecule has 2 N–H and O–H groups in total. The molecule has 1 aliphatic heterocycles. The van der Waals surface area contributed by atoms with Crippen molar-refractivity contribution in [1.29, 1.82) is 0 Å². The summed E-state index contributed by atoms with van der Waals surface area (Å²) in [5.74, 6) is -1.88. The van der Waals surface area contributed by atoms with Gasteiger partial charge in [-0.25, -0.2) is 9.37 Å². The monoisotopic (exact) mass is 482 g/mol. The Morgan fingerprint density at radius 1 is 1.14 bits per heavy atom. The minimum Gasteiger partial charge on any atom is -0.433 e. The molecule has 4 rings (SSSR count). The molecule has 0 amide bonds. The number of fused-ring (bicyclic) bond motifs is 1. The van der Waals surface area contributed by atoms with Crippen molar-refractivity contribution in [1.82, 2.24) is 24.3 Å². The van der Waals surface area contributed by atoms with E-state index < -0.39 is 17.7 Å². The largest absolute Gasteiger partial charge is 0.433 e. The van der Waals surface area contributed by atoms with Crippen LogP contribution in [0.1, 0.15) is 37.3 Å². The van der Waals surface area contributed by atoms with E-state index in [2.05, 4.69) is 33.4 Å². The summed E-state index contributed by atoms with van der Waals surface area (Å²) < 4.78 is 38.5. The predicted molar refractivity (Wildman–Crippen MR) is 133 cm³/mol. The lowest BCUT2D eigenvalue weighted by atomic mass is 10.1. The van der Waals surface area contributed by atoms with Crippen molar-refractivity contribution in [2.24, 2.45) is 5.73 Å². The number of halogens is 2. The molecule has 35 heavy (non-hydrogen) atoms. The molecule has 0 saturated carbocycles. The zero-order chi connectivity index (χ0) is 25.3. The molecule has 1 saturated heterocycles. The van der Waals surface area contributed by atoms with Gasteiger partial charge in [-0.1, -0.05) is 12.7 Å². The molecule has 0 radical (unpaired) electrons. The van der Waals surface area contributed by atoms with Crippen molar-refractivity contribution < 1.29 is 13.5 Å². The van der Waals surface area contributed by atoms with Crippen molar-refractivity contribution in [2.75, 3.05) is 33.2 Å². The summed E-state index contributed by atoms with van der Waals surface area (Å²) >= 11 is 0. The summed E-state index contributed by atoms with van der Waals surface area (Å²) in [4.78, 5) is 12.3. The van der Waals surface area contributed by atoms with Crippen LogP contribution in [0.15, 0.2) is 49.0 Å². The number of rotatable bonds is 7. The van der Waals surface area contributed by atoms with Gasteiger partial charge in [-0.15, -0.1) is 0 Å². The van der Waals surface area contributed by atoms with Crippen LogP contribution in [0.4, 0.5) is 8.78 Å². The van der Waals surface area contributed by atoms with E-state index in [0.717, 1.165) is 37.4 Å². The first-order valence-electron chi connectivity index (χ1n) is 11.7. The zero-order valence-corrected chi connectivity index (χ0v) is 20.6. The Labute approximate surface area is 204 Å². The molecule has 3 heterocycles. The second-order valence-electron chi connectivity index (χ2n) is 9.14. The maximum atomic E-state index is 15.5. The van der Waals surface area contributed by atoms with Crippen LogP contribution >= 0.6 is 0 Å². The van der Waals surface area contributed by atoms with Crippen molar-refractivity contribution in [3.8, 4) is 11.6 Å². The quantitative estimate of drug-likeness (QED) is 0.492. The number of benzene rings is 1. The van der Waals surface area contributed by atoms with Gasteiger partial charge in [0.05, 0.1) is 11.6 Å². The highest BCUT2D eigenvalue weighted by Gasteiger charge is 2.27. The van der Waals surface area contributed by atoms with Gasteiger partial charge in [0, 0.05) is 49.0 Å². The van der Waals surface area contributed by atoms with E-state index in [0.29, 0.717) is 11.1 Å². The van der Waals surface area contributed by atoms with Gasteiger partial charge in [-0.05, 0) is 52.1 Å². The lowest BCUT2D eigenvalue weighted by molar-refractivity contribution is 0.178. The molecule has 2 aromatic heterocycles. The van der Waals surface area contributed by atoms with Crippen LogP contribution < -0.4 is 10.5 Å². The van der Waals surface area contributed by atoms with Gasteiger partial charge in [0.15, 0.2) is 11.6 Å². The molecule has 0 bridgehead atoms. The smallest absolute Gasteiger partial charge is 0.259 e. The molecule has 1 atom stereocenters. The van der Waals surface area contributed by atoms with E-state index in [4.69, 9.17) is 10.5 Å². The number of piperazine rings is 1. The molecule has 1 aromatic carbocycles. The second kappa shape index (κ2) is 10.1. The number of ether oxygens (including phenoxy) is 1. The molecule has 9 heteroatoms. The van der Waals surface area contributed by atoms with Crippen molar-refractivity contribution in [3.05, 3.63) is 72.0 Å². The van der Waals surface area contributed by atoms with Crippen LogP contribution in [-0.2, 0) is 0 Å². The average molecular weight is 483 g/mol. The fourth-order valence-corrected chi connectivity index (χ4v) is 4.63. The maximum absolute atomic E-state index is 15.5. The van der Waals surface area contributed by atoms with Gasteiger partial charge in [0.2, 0.25) is 5.82 Å². The van der Waals surface area contributed by atoms with Gasteiger partial charge >= 0.3 is 0 Å². The third-order valence-corrected chi connectivity index (χ3v) is 6.39. The van der Waals surface area contributed by atoms with E-state index >= 15 is 8.78 Å². The summed E-state index contributed by atoms with van der Waals surface area (Å²) in [7, 11) is 2.05. The number of aromatic nitrogens is 3. The van der Waals surface area contributed by atoms with Gasteiger partial charge in [-0.3, -0.25) is 0 Å². The zero-order valence-electron chi connectivity index (χ0n) is 20.6. The first-order valence-corrected chi connectivity index (χ1v) is 11.7. The summed E-state index contributed by atoms with van der Waals surface area (Å²) in [6.45, 7) is 13.0. The number of likely N-dealkylation sites (N-methyl/N-ethyl adjacent to an activating group) is 1. The van der Waals surface area contributed by atoms with E-state index in [1.165, 1.54) is 12.4 Å². The van der Waals surface area contributed by atoms with Crippen LogP contribution in [0.25, 0.3) is 10.9 Å². The third kappa shape index (κ3) is 4.78. The molecule has 3 aromatic rings. The highest BCUT2D eigenvalue weighted by molar-refractivity contribution is 5.84. The highest BCUT2D eigenvalue weighted by Crippen LogP contribution is 2.35. The van der Waals surface area contributed by atoms with Crippen molar-refractivity contribution in [3.63, 3.8) is 0 Å². The topological polar surface area (TPSA) is 72.4 Å². The van der Waals surface area contributed by atoms with Crippen LogP contribution in [-0.4, -0.2) is 57.6 Å². The first-order chi connectivity index (χ1) is 16.7. The lowest BCUT2D eigenvalue weighted by Gasteiger charge is -2.37. The minimum absolute atomic E-state index is 0.0229. The Morgan fingerprint density at radius 3 is 2.51 bits per heavy atom. The fourth-order valence-electron chi connectivity index (χ4n) is 4.63. The van der Waals surface area contributed by atoms with Crippen molar-refractivity contribution >= 4 is 10.9 Å². The molecule has 0 spiro atoms. The molecule has 186 valence electrons. The summed E-state index contributed by atoms with van der Waals surface area (Å²) in [6.07, 6.45) is 4.58. The molecular formula is C26H32F2N6O. The van der Waals surface area contributed by atoms with Crippen LogP contribution in [0.3, 0.4) is 0 Å². The number of nitrogens with two attached hydrogens (primary N) is 1. The van der Waals surface area contributed by atoms with Gasteiger partial charge in [0.1, 0.15) is 12.0 Å². The highest BCUT2D eigenvalue weighted by atomic mass is 19.1. The molecule has 7 nitrogen and oxygen atoms in total. The number of nitrogens with zero attached hydrogens (tertiary/aromatic N) is 5.